The number of nitrogens with one attached hydrogen (secondary N) is 1. The maximum absolute atomic E-state index is 4.79. The van der Waals surface area contributed by atoms with Crippen LogP contribution in [0.15, 0.2) is 43.1 Å². The van der Waals surface area contributed by atoms with Gasteiger partial charge in [-0.15, -0.1) is 0 Å². The summed E-state index contributed by atoms with van der Waals surface area (Å²) in [7, 11) is 3.88. The molecule has 0 unspecified atom stereocenters. The monoisotopic (exact) mass is 362 g/mol. The van der Waals surface area contributed by atoms with Crippen molar-refractivity contribution in [3.63, 3.8) is 0 Å². The number of nitrogens with zero attached hydrogens (tertiary/aromatic N) is 7. The highest BCUT2D eigenvalue weighted by molar-refractivity contribution is 5.88. The Bertz CT molecular complexity index is 1060. The molecule has 0 aliphatic rings. The van der Waals surface area contributed by atoms with Crippen molar-refractivity contribution in [3.05, 3.63) is 48.9 Å². The molecule has 0 spiro atoms. The summed E-state index contributed by atoms with van der Waals surface area (Å²) in [5, 5.41) is 8.82. The molecular formula is C19H22N8. The van der Waals surface area contributed by atoms with Gasteiger partial charge in [-0.3, -0.25) is 9.67 Å². The summed E-state index contributed by atoms with van der Waals surface area (Å²) in [5.74, 6) is 2.64. The van der Waals surface area contributed by atoms with Crippen LogP contribution in [0.3, 0.4) is 0 Å². The van der Waals surface area contributed by atoms with Crippen molar-refractivity contribution >= 4 is 16.9 Å². The summed E-state index contributed by atoms with van der Waals surface area (Å²) in [5.41, 5.74) is 1.63. The minimum Gasteiger partial charge on any atom is -0.359 e. The first-order valence-electron chi connectivity index (χ1n) is 8.88. The quantitative estimate of drug-likeness (QED) is 0.587. The summed E-state index contributed by atoms with van der Waals surface area (Å²) >= 11 is 0. The molecule has 4 aromatic rings. The predicted molar refractivity (Wildman–Crippen MR) is 104 cm³/mol. The number of anilines is 1. The zero-order valence-electron chi connectivity index (χ0n) is 15.8. The Kier molecular flexibility index (Phi) is 4.31. The first-order chi connectivity index (χ1) is 13.0. The number of imidazole rings is 1. The third kappa shape index (κ3) is 3.14. The zero-order chi connectivity index (χ0) is 19.0. The summed E-state index contributed by atoms with van der Waals surface area (Å²) in [4.78, 5) is 18.2. The highest BCUT2D eigenvalue weighted by Crippen LogP contribution is 2.30. The maximum Gasteiger partial charge on any atom is 0.165 e. The number of aryl methyl sites for hydroxylation is 2. The number of fused-ring (bicyclic) bond motifs is 1. The van der Waals surface area contributed by atoms with Crippen molar-refractivity contribution in [2.45, 2.75) is 19.9 Å². The molecule has 8 nitrogen and oxygen atoms in total. The van der Waals surface area contributed by atoms with Crippen molar-refractivity contribution in [1.29, 1.82) is 0 Å². The van der Waals surface area contributed by atoms with E-state index in [-0.39, 0.29) is 6.04 Å². The van der Waals surface area contributed by atoms with E-state index in [0.717, 1.165) is 28.2 Å². The van der Waals surface area contributed by atoms with Gasteiger partial charge < -0.3 is 9.88 Å². The van der Waals surface area contributed by atoms with E-state index in [1.807, 2.05) is 43.2 Å². The average molecular weight is 362 g/mol. The molecule has 8 heteroatoms. The topological polar surface area (TPSA) is 86.3 Å². The van der Waals surface area contributed by atoms with E-state index in [9.17, 15) is 0 Å². The van der Waals surface area contributed by atoms with Gasteiger partial charge in [-0.1, -0.05) is 13.8 Å². The molecule has 0 bridgehead atoms. The van der Waals surface area contributed by atoms with E-state index < -0.39 is 0 Å². The molecule has 0 fully saturated rings. The van der Waals surface area contributed by atoms with Crippen LogP contribution in [0.25, 0.3) is 22.4 Å². The van der Waals surface area contributed by atoms with E-state index in [0.29, 0.717) is 11.7 Å². The highest BCUT2D eigenvalue weighted by atomic mass is 15.3. The first-order valence-corrected chi connectivity index (χ1v) is 8.88. The van der Waals surface area contributed by atoms with Gasteiger partial charge in [0.15, 0.2) is 11.5 Å². The largest absolute Gasteiger partial charge is 0.359 e. The fourth-order valence-electron chi connectivity index (χ4n) is 3.11. The molecule has 1 N–H and O–H groups in total. The maximum atomic E-state index is 4.79. The van der Waals surface area contributed by atoms with Gasteiger partial charge in [0.05, 0.1) is 17.6 Å². The van der Waals surface area contributed by atoms with E-state index in [1.165, 1.54) is 0 Å². The number of pyridine rings is 1. The molecule has 0 aromatic carbocycles. The Labute approximate surface area is 157 Å². The Balaban J connectivity index is 1.84. The van der Waals surface area contributed by atoms with Crippen LogP contribution < -0.4 is 5.32 Å². The molecule has 0 saturated carbocycles. The molecule has 0 radical (unpaired) electrons. The van der Waals surface area contributed by atoms with Crippen LogP contribution in [0, 0.1) is 5.92 Å². The van der Waals surface area contributed by atoms with Crippen molar-refractivity contribution < 1.29 is 0 Å². The molecule has 4 rings (SSSR count). The third-order valence-electron chi connectivity index (χ3n) is 4.61. The smallest absolute Gasteiger partial charge is 0.165 e. The summed E-state index contributed by atoms with van der Waals surface area (Å²) in [6.07, 6.45) is 9.06. The normalized spacial score (nSPS) is 12.6. The van der Waals surface area contributed by atoms with Crippen molar-refractivity contribution in [1.82, 2.24) is 34.3 Å². The van der Waals surface area contributed by atoms with Gasteiger partial charge in [0.25, 0.3) is 0 Å². The third-order valence-corrected chi connectivity index (χ3v) is 4.61. The number of hydrogen-bond acceptors (Lipinski definition) is 6. The summed E-state index contributed by atoms with van der Waals surface area (Å²) in [6, 6.07) is 3.84. The van der Waals surface area contributed by atoms with Crippen LogP contribution in [-0.2, 0) is 14.1 Å². The number of rotatable bonds is 5. The lowest BCUT2D eigenvalue weighted by atomic mass is 10.0. The van der Waals surface area contributed by atoms with Crippen molar-refractivity contribution in [2.24, 2.45) is 20.0 Å². The van der Waals surface area contributed by atoms with Gasteiger partial charge >= 0.3 is 0 Å². The fraction of sp³-hybridized carbons (Fsp3) is 0.316. The zero-order valence-corrected chi connectivity index (χ0v) is 15.8. The lowest BCUT2D eigenvalue weighted by Gasteiger charge is -2.23. The van der Waals surface area contributed by atoms with Crippen LogP contribution in [0.1, 0.15) is 25.7 Å². The lowest BCUT2D eigenvalue weighted by molar-refractivity contribution is 0.507. The molecule has 138 valence electrons. The second-order valence-corrected chi connectivity index (χ2v) is 6.91. The minimum absolute atomic E-state index is 0.00468. The van der Waals surface area contributed by atoms with E-state index in [2.05, 4.69) is 39.2 Å². The molecule has 27 heavy (non-hydrogen) atoms. The second kappa shape index (κ2) is 6.79. The molecule has 0 amide bonds. The molecule has 4 aromatic heterocycles. The minimum atomic E-state index is 0.00468. The van der Waals surface area contributed by atoms with E-state index in [4.69, 9.17) is 4.98 Å². The van der Waals surface area contributed by atoms with Gasteiger partial charge in [-0.2, -0.15) is 5.10 Å². The van der Waals surface area contributed by atoms with Crippen LogP contribution in [0.5, 0.6) is 0 Å². The Hall–Kier alpha value is -3.29. The SMILES string of the molecule is CC(C)[C@H](Nc1nc(-c2cccnc2)nc2c1cnn2C)c1nccn1C. The fourth-order valence-corrected chi connectivity index (χ4v) is 3.11. The highest BCUT2D eigenvalue weighted by Gasteiger charge is 2.23. The van der Waals surface area contributed by atoms with Gasteiger partial charge in [-0.05, 0) is 18.1 Å². The molecule has 0 saturated heterocycles. The molecule has 1 atom stereocenters. The molecular weight excluding hydrogens is 340 g/mol. The van der Waals surface area contributed by atoms with Gasteiger partial charge in [0.2, 0.25) is 0 Å². The number of aromatic nitrogens is 7. The summed E-state index contributed by atoms with van der Waals surface area (Å²) in [6.45, 7) is 4.33. The van der Waals surface area contributed by atoms with Crippen LogP contribution in [0.2, 0.25) is 0 Å². The Morgan fingerprint density at radius 2 is 1.93 bits per heavy atom. The van der Waals surface area contributed by atoms with Gasteiger partial charge in [0, 0.05) is 44.4 Å². The Morgan fingerprint density at radius 1 is 1.07 bits per heavy atom. The van der Waals surface area contributed by atoms with Gasteiger partial charge in [0.1, 0.15) is 11.6 Å². The predicted octanol–water partition coefficient (Wildman–Crippen LogP) is 2.97. The summed E-state index contributed by atoms with van der Waals surface area (Å²) < 4.78 is 3.79. The average Bonchev–Trinajstić information content (AvgIpc) is 3.26. The van der Waals surface area contributed by atoms with Crippen molar-refractivity contribution in [2.75, 3.05) is 5.32 Å². The molecule has 0 aliphatic heterocycles. The van der Waals surface area contributed by atoms with E-state index in [1.54, 1.807) is 23.3 Å². The van der Waals surface area contributed by atoms with Crippen molar-refractivity contribution in [3.8, 4) is 11.4 Å². The van der Waals surface area contributed by atoms with E-state index >= 15 is 0 Å². The molecule has 4 heterocycles. The van der Waals surface area contributed by atoms with Crippen LogP contribution >= 0.6 is 0 Å². The Morgan fingerprint density at radius 3 is 2.59 bits per heavy atom. The first kappa shape index (κ1) is 17.1. The lowest BCUT2D eigenvalue weighted by Crippen LogP contribution is -2.21. The van der Waals surface area contributed by atoms with Gasteiger partial charge in [-0.25, -0.2) is 15.0 Å². The van der Waals surface area contributed by atoms with Crippen LogP contribution in [0.4, 0.5) is 5.82 Å². The standard InChI is InChI=1S/C19H22N8/c1-12(2)15(19-21-8-9-26(19)3)23-17-14-11-22-27(4)18(14)25-16(24-17)13-6-5-7-20-10-13/h5-12,15H,1-4H3,(H,23,24,25)/t15-/m0/s1. The van der Waals surface area contributed by atoms with Crippen LogP contribution in [-0.4, -0.2) is 34.3 Å². The second-order valence-electron chi connectivity index (χ2n) is 6.91. The molecule has 0 aliphatic carbocycles. The number of hydrogen-bond donors (Lipinski definition) is 1.